The van der Waals surface area contributed by atoms with Crippen LogP contribution in [0.25, 0.3) is 0 Å². The molecule has 1 aliphatic heterocycles. The van der Waals surface area contributed by atoms with Crippen LogP contribution in [0.1, 0.15) is 44.7 Å². The van der Waals surface area contributed by atoms with Crippen molar-refractivity contribution in [1.82, 2.24) is 10.2 Å². The number of amides is 2. The van der Waals surface area contributed by atoms with Crippen molar-refractivity contribution >= 4 is 46.8 Å². The summed E-state index contributed by atoms with van der Waals surface area (Å²) in [7, 11) is 2.10. The van der Waals surface area contributed by atoms with Gasteiger partial charge in [0.15, 0.2) is 0 Å². The van der Waals surface area contributed by atoms with E-state index < -0.39 is 29.4 Å². The molecule has 0 aromatic heterocycles. The van der Waals surface area contributed by atoms with Gasteiger partial charge in [0.1, 0.15) is 11.6 Å². The molecule has 2 rings (SSSR count). The molecule has 2 amide bonds. The Kier molecular flexibility index (Phi) is 10.2. The highest BCUT2D eigenvalue weighted by atomic mass is 35.5. The van der Waals surface area contributed by atoms with E-state index >= 15 is 0 Å². The Hall–Kier alpha value is -2.29. The first-order chi connectivity index (χ1) is 15.8. The third-order valence-electron chi connectivity index (χ3n) is 5.17. The number of nitrogens with one attached hydrogen (secondary N) is 2. The smallest absolute Gasteiger partial charge is 0.306 e. The molecule has 1 heterocycles. The lowest BCUT2D eigenvalue weighted by atomic mass is 10.0. The molecule has 0 bridgehead atoms. The molecule has 1 atom stereocenters. The number of anilines is 1. The number of likely N-dealkylation sites (N-methyl/N-ethyl adjacent to an activating group) is 1. The summed E-state index contributed by atoms with van der Waals surface area (Å²) in [6, 6.07) is 4.90. The number of nitrogens with zero attached hydrogens (tertiary/aromatic N) is 1. The molecule has 9 heteroatoms. The number of rotatable bonds is 9. The minimum absolute atomic E-state index is 0.0337. The fourth-order valence-corrected chi connectivity index (χ4v) is 4.18. The highest BCUT2D eigenvalue weighted by molar-refractivity contribution is 8.08. The van der Waals surface area contributed by atoms with E-state index in [0.29, 0.717) is 5.69 Å². The van der Waals surface area contributed by atoms with Gasteiger partial charge < -0.3 is 20.3 Å². The lowest BCUT2D eigenvalue weighted by molar-refractivity contribution is -0.155. The van der Waals surface area contributed by atoms with Crippen LogP contribution in [-0.2, 0) is 32.0 Å². The predicted molar refractivity (Wildman–Crippen MR) is 139 cm³/mol. The topological polar surface area (TPSA) is 87.7 Å². The largest absolute Gasteiger partial charge is 0.460 e. The second-order valence-electron chi connectivity index (χ2n) is 9.31. The standard InChI is InChI=1S/C25H34ClN3O4S/c1-16(34-17(2)26)23(31)28-21(9-10-22(30)33-25(3,4)5)24(32)27-20-8-7-18-11-13-29(6)14-12-19(18)15-20/h7-8,15,21H,1-2,9-14H2,3-6H3,(H,27,32)(H,28,31). The first-order valence-electron chi connectivity index (χ1n) is 11.2. The van der Waals surface area contributed by atoms with Crippen molar-refractivity contribution in [2.75, 3.05) is 25.5 Å². The van der Waals surface area contributed by atoms with Gasteiger partial charge in [0.25, 0.3) is 5.91 Å². The number of carbonyl (C=O) groups excluding carboxylic acids is 3. The molecule has 1 unspecified atom stereocenters. The van der Waals surface area contributed by atoms with Crippen LogP contribution >= 0.6 is 23.4 Å². The van der Waals surface area contributed by atoms with Gasteiger partial charge in [-0.05, 0) is 70.3 Å². The van der Waals surface area contributed by atoms with E-state index in [-0.39, 0.29) is 22.1 Å². The van der Waals surface area contributed by atoms with Crippen molar-refractivity contribution in [2.45, 2.75) is 58.1 Å². The number of halogens is 1. The molecule has 34 heavy (non-hydrogen) atoms. The Labute approximate surface area is 211 Å². The van der Waals surface area contributed by atoms with Gasteiger partial charge >= 0.3 is 5.97 Å². The van der Waals surface area contributed by atoms with Crippen LogP contribution in [0.4, 0.5) is 5.69 Å². The molecule has 186 valence electrons. The normalized spacial score (nSPS) is 14.9. The second kappa shape index (κ2) is 12.4. The Morgan fingerprint density at radius 1 is 1.18 bits per heavy atom. The van der Waals surface area contributed by atoms with Crippen molar-refractivity contribution in [3.05, 3.63) is 51.8 Å². The lowest BCUT2D eigenvalue weighted by Gasteiger charge is -2.22. The average molecular weight is 508 g/mol. The Morgan fingerprint density at radius 3 is 2.44 bits per heavy atom. The van der Waals surface area contributed by atoms with E-state index in [1.807, 2.05) is 18.2 Å². The van der Waals surface area contributed by atoms with Crippen LogP contribution in [0.15, 0.2) is 40.6 Å². The molecule has 0 saturated carbocycles. The SMILES string of the molecule is C=C(Cl)SC(=C)C(=O)NC(CCC(=O)OC(C)(C)C)C(=O)Nc1ccc2c(c1)CCN(C)CC2. The second-order valence-corrected chi connectivity index (χ2v) is 11.2. The molecule has 1 aliphatic rings. The van der Waals surface area contributed by atoms with E-state index in [9.17, 15) is 14.4 Å². The zero-order valence-electron chi connectivity index (χ0n) is 20.3. The first-order valence-corrected chi connectivity index (χ1v) is 12.4. The van der Waals surface area contributed by atoms with Gasteiger partial charge in [-0.25, -0.2) is 0 Å². The van der Waals surface area contributed by atoms with Crippen LogP contribution in [0, 0.1) is 0 Å². The number of ether oxygens (including phenoxy) is 1. The maximum absolute atomic E-state index is 13.1. The van der Waals surface area contributed by atoms with Crippen molar-refractivity contribution < 1.29 is 19.1 Å². The minimum atomic E-state index is -0.967. The summed E-state index contributed by atoms with van der Waals surface area (Å²) in [6.45, 7) is 14.5. The summed E-state index contributed by atoms with van der Waals surface area (Å²) < 4.78 is 5.52. The number of thioether (sulfide) groups is 1. The Morgan fingerprint density at radius 2 is 1.82 bits per heavy atom. The summed E-state index contributed by atoms with van der Waals surface area (Å²) in [6.07, 6.45) is 1.89. The molecule has 0 saturated heterocycles. The Bertz CT molecular complexity index is 958. The zero-order chi connectivity index (χ0) is 25.5. The van der Waals surface area contributed by atoms with Crippen molar-refractivity contribution in [3.63, 3.8) is 0 Å². The molecule has 7 nitrogen and oxygen atoms in total. The van der Waals surface area contributed by atoms with Crippen molar-refractivity contribution in [2.24, 2.45) is 0 Å². The molecular weight excluding hydrogens is 474 g/mol. The monoisotopic (exact) mass is 507 g/mol. The van der Waals surface area contributed by atoms with E-state index in [4.69, 9.17) is 16.3 Å². The Balaban J connectivity index is 2.12. The molecule has 1 aromatic carbocycles. The third kappa shape index (κ3) is 9.52. The van der Waals surface area contributed by atoms with Crippen LogP contribution in [0.3, 0.4) is 0 Å². The highest BCUT2D eigenvalue weighted by Gasteiger charge is 2.25. The number of hydrogen-bond donors (Lipinski definition) is 2. The van der Waals surface area contributed by atoms with E-state index in [2.05, 4.69) is 35.7 Å². The third-order valence-corrected chi connectivity index (χ3v) is 6.05. The molecule has 0 aliphatic carbocycles. The molecule has 0 spiro atoms. The maximum atomic E-state index is 13.1. The van der Waals surface area contributed by atoms with Gasteiger partial charge in [0.2, 0.25) is 5.91 Å². The molecule has 0 radical (unpaired) electrons. The number of benzene rings is 1. The number of esters is 1. The molecule has 1 aromatic rings. The first kappa shape index (κ1) is 28.0. The maximum Gasteiger partial charge on any atom is 0.306 e. The summed E-state index contributed by atoms with van der Waals surface area (Å²) in [4.78, 5) is 40.2. The van der Waals surface area contributed by atoms with Gasteiger partial charge in [0, 0.05) is 25.2 Å². The van der Waals surface area contributed by atoms with Crippen molar-refractivity contribution in [3.8, 4) is 0 Å². The predicted octanol–water partition coefficient (Wildman–Crippen LogP) is 4.22. The fraction of sp³-hybridized carbons (Fsp3) is 0.480. The van der Waals surface area contributed by atoms with Gasteiger partial charge in [-0.3, -0.25) is 14.4 Å². The molecule has 0 fully saturated rings. The number of carbonyl (C=O) groups is 3. The van der Waals surface area contributed by atoms with E-state index in [1.54, 1.807) is 20.8 Å². The minimum Gasteiger partial charge on any atom is -0.460 e. The van der Waals surface area contributed by atoms with Gasteiger partial charge in [-0.2, -0.15) is 0 Å². The summed E-state index contributed by atoms with van der Waals surface area (Å²) >= 11 is 6.66. The highest BCUT2D eigenvalue weighted by Crippen LogP contribution is 2.26. The van der Waals surface area contributed by atoms with E-state index in [1.165, 1.54) is 11.1 Å². The van der Waals surface area contributed by atoms with E-state index in [0.717, 1.165) is 37.7 Å². The van der Waals surface area contributed by atoms with Gasteiger partial charge in [-0.1, -0.05) is 42.6 Å². The van der Waals surface area contributed by atoms with Crippen molar-refractivity contribution in [1.29, 1.82) is 0 Å². The summed E-state index contributed by atoms with van der Waals surface area (Å²) in [5, 5.41) is 5.53. The van der Waals surface area contributed by atoms with Gasteiger partial charge in [0.05, 0.1) is 9.27 Å². The summed E-state index contributed by atoms with van der Waals surface area (Å²) in [5.41, 5.74) is 2.47. The van der Waals surface area contributed by atoms with Crippen LogP contribution in [0.5, 0.6) is 0 Å². The average Bonchev–Trinajstić information content (AvgIpc) is 2.90. The van der Waals surface area contributed by atoms with Crippen LogP contribution < -0.4 is 10.6 Å². The zero-order valence-corrected chi connectivity index (χ0v) is 21.9. The summed E-state index contributed by atoms with van der Waals surface area (Å²) in [5.74, 6) is -1.43. The fourth-order valence-electron chi connectivity index (χ4n) is 3.49. The number of fused-ring (bicyclic) bond motifs is 1. The number of hydrogen-bond acceptors (Lipinski definition) is 6. The van der Waals surface area contributed by atoms with Crippen LogP contribution in [-0.4, -0.2) is 54.5 Å². The van der Waals surface area contributed by atoms with Gasteiger partial charge in [-0.15, -0.1) is 0 Å². The van der Waals surface area contributed by atoms with Crippen LogP contribution in [0.2, 0.25) is 0 Å². The molecular formula is C25H34ClN3O4S. The quantitative estimate of drug-likeness (QED) is 0.384. The molecule has 2 N–H and O–H groups in total. The lowest BCUT2D eigenvalue weighted by Crippen LogP contribution is -2.44.